The fourth-order valence-electron chi connectivity index (χ4n) is 3.17. The molecule has 2 aromatic rings. The molecule has 138 valence electrons. The standard InChI is InChI=1S/C21H24O5/c1-12(2)9-16(22)15-6-8-18-19(20(15)24-4)21(23)25-11-14-10-13(3)5-7-17(14)26-18/h5-8,10,12,16,22H,9,11H2,1-4H3. The van der Waals surface area contributed by atoms with Gasteiger partial charge in [-0.05, 0) is 43.5 Å². The first-order valence-electron chi connectivity index (χ1n) is 8.74. The molecule has 0 aliphatic carbocycles. The molecule has 0 spiro atoms. The second-order valence-electron chi connectivity index (χ2n) is 7.00. The van der Waals surface area contributed by atoms with Crippen LogP contribution < -0.4 is 9.47 Å². The summed E-state index contributed by atoms with van der Waals surface area (Å²) < 4.78 is 17.0. The lowest BCUT2D eigenvalue weighted by atomic mass is 9.96. The highest BCUT2D eigenvalue weighted by atomic mass is 16.5. The van der Waals surface area contributed by atoms with Gasteiger partial charge >= 0.3 is 5.97 Å². The van der Waals surface area contributed by atoms with Crippen LogP contribution in [0, 0.1) is 12.8 Å². The van der Waals surface area contributed by atoms with Gasteiger partial charge in [-0.3, -0.25) is 0 Å². The molecule has 5 nitrogen and oxygen atoms in total. The van der Waals surface area contributed by atoms with Crippen LogP contribution in [0.15, 0.2) is 30.3 Å². The number of rotatable bonds is 4. The van der Waals surface area contributed by atoms with Crippen LogP contribution in [0.25, 0.3) is 0 Å². The zero-order valence-electron chi connectivity index (χ0n) is 15.5. The zero-order chi connectivity index (χ0) is 18.8. The fourth-order valence-corrected chi connectivity index (χ4v) is 3.17. The molecule has 0 aromatic heterocycles. The molecule has 3 rings (SSSR count). The van der Waals surface area contributed by atoms with E-state index in [0.717, 1.165) is 11.1 Å². The molecule has 2 aromatic carbocycles. The quantitative estimate of drug-likeness (QED) is 0.815. The Hall–Kier alpha value is -2.53. The van der Waals surface area contributed by atoms with E-state index in [1.54, 1.807) is 12.1 Å². The predicted octanol–water partition coefficient (Wildman–Crippen LogP) is 4.55. The van der Waals surface area contributed by atoms with E-state index in [9.17, 15) is 9.90 Å². The SMILES string of the molecule is COc1c(C(O)CC(C)C)ccc2c1C(=O)OCc1cc(C)ccc1O2. The van der Waals surface area contributed by atoms with Gasteiger partial charge in [0.15, 0.2) is 0 Å². The van der Waals surface area contributed by atoms with E-state index in [1.165, 1.54) is 7.11 Å². The van der Waals surface area contributed by atoms with Crippen LogP contribution in [0.4, 0.5) is 0 Å². The number of methoxy groups -OCH3 is 1. The first-order valence-corrected chi connectivity index (χ1v) is 8.74. The Bertz CT molecular complexity index is 825. The van der Waals surface area contributed by atoms with Gasteiger partial charge in [0.25, 0.3) is 0 Å². The Morgan fingerprint density at radius 1 is 1.19 bits per heavy atom. The molecule has 26 heavy (non-hydrogen) atoms. The smallest absolute Gasteiger partial charge is 0.346 e. The minimum atomic E-state index is -0.733. The van der Waals surface area contributed by atoms with Crippen molar-refractivity contribution in [3.8, 4) is 17.2 Å². The maximum atomic E-state index is 12.7. The third kappa shape index (κ3) is 3.53. The van der Waals surface area contributed by atoms with E-state index in [-0.39, 0.29) is 12.2 Å². The average Bonchev–Trinajstić information content (AvgIpc) is 2.59. The first-order chi connectivity index (χ1) is 12.4. The van der Waals surface area contributed by atoms with E-state index in [2.05, 4.69) is 0 Å². The largest absolute Gasteiger partial charge is 0.495 e. The lowest BCUT2D eigenvalue weighted by Gasteiger charge is -2.23. The van der Waals surface area contributed by atoms with E-state index in [1.807, 2.05) is 39.0 Å². The summed E-state index contributed by atoms with van der Waals surface area (Å²) in [6.45, 7) is 6.15. The predicted molar refractivity (Wildman–Crippen MR) is 97.8 cm³/mol. The number of ether oxygens (including phenoxy) is 3. The number of aliphatic hydroxyl groups excluding tert-OH is 1. The normalized spacial score (nSPS) is 14.5. The summed E-state index contributed by atoms with van der Waals surface area (Å²) >= 11 is 0. The monoisotopic (exact) mass is 356 g/mol. The Kier molecular flexibility index (Phi) is 5.18. The van der Waals surface area contributed by atoms with E-state index in [0.29, 0.717) is 35.2 Å². The molecule has 0 radical (unpaired) electrons. The molecular formula is C21H24O5. The number of cyclic esters (lactones) is 1. The van der Waals surface area contributed by atoms with Crippen molar-refractivity contribution in [3.05, 3.63) is 52.6 Å². The number of aryl methyl sites for hydroxylation is 1. The lowest BCUT2D eigenvalue weighted by molar-refractivity contribution is 0.0455. The molecule has 1 aliphatic heterocycles. The van der Waals surface area contributed by atoms with Crippen LogP contribution in [-0.4, -0.2) is 18.2 Å². The summed E-state index contributed by atoms with van der Waals surface area (Å²) in [5.41, 5.74) is 2.64. The van der Waals surface area contributed by atoms with Crippen LogP contribution in [0.2, 0.25) is 0 Å². The lowest BCUT2D eigenvalue weighted by Crippen LogP contribution is -2.15. The number of fused-ring (bicyclic) bond motifs is 2. The molecule has 0 amide bonds. The number of aliphatic hydroxyl groups is 1. The fraction of sp³-hybridized carbons (Fsp3) is 0.381. The van der Waals surface area contributed by atoms with E-state index < -0.39 is 12.1 Å². The summed E-state index contributed by atoms with van der Waals surface area (Å²) in [7, 11) is 1.48. The van der Waals surface area contributed by atoms with Crippen LogP contribution in [0.3, 0.4) is 0 Å². The third-order valence-corrected chi connectivity index (χ3v) is 4.41. The maximum absolute atomic E-state index is 12.7. The van der Waals surface area contributed by atoms with E-state index in [4.69, 9.17) is 14.2 Å². The van der Waals surface area contributed by atoms with Crippen molar-refractivity contribution >= 4 is 5.97 Å². The number of hydrogen-bond acceptors (Lipinski definition) is 5. The Labute approximate surface area is 153 Å². The summed E-state index contributed by atoms with van der Waals surface area (Å²) in [6.07, 6.45) is -0.170. The van der Waals surface area contributed by atoms with Gasteiger partial charge in [0.1, 0.15) is 29.4 Å². The van der Waals surface area contributed by atoms with Gasteiger partial charge in [0.05, 0.1) is 13.2 Å². The van der Waals surface area contributed by atoms with Crippen molar-refractivity contribution in [2.45, 2.75) is 39.9 Å². The molecule has 5 heteroatoms. The van der Waals surface area contributed by atoms with Crippen LogP contribution >= 0.6 is 0 Å². The number of carbonyl (C=O) groups excluding carboxylic acids is 1. The van der Waals surface area contributed by atoms with Gasteiger partial charge in [-0.1, -0.05) is 25.5 Å². The van der Waals surface area contributed by atoms with Gasteiger partial charge in [-0.25, -0.2) is 4.79 Å². The highest BCUT2D eigenvalue weighted by Gasteiger charge is 2.28. The van der Waals surface area contributed by atoms with Crippen molar-refractivity contribution < 1.29 is 24.1 Å². The molecule has 1 atom stereocenters. The maximum Gasteiger partial charge on any atom is 0.346 e. The molecule has 0 saturated heterocycles. The highest BCUT2D eigenvalue weighted by Crippen LogP contribution is 2.41. The summed E-state index contributed by atoms with van der Waals surface area (Å²) in [5.74, 6) is 1.08. The van der Waals surface area contributed by atoms with Crippen LogP contribution in [0.1, 0.15) is 53.4 Å². The minimum absolute atomic E-state index is 0.122. The molecular weight excluding hydrogens is 332 g/mol. The van der Waals surface area contributed by atoms with Gasteiger partial charge in [0.2, 0.25) is 0 Å². The van der Waals surface area contributed by atoms with Crippen molar-refractivity contribution in [1.29, 1.82) is 0 Å². The van der Waals surface area contributed by atoms with Crippen molar-refractivity contribution in [3.63, 3.8) is 0 Å². The number of carbonyl (C=O) groups is 1. The second-order valence-corrected chi connectivity index (χ2v) is 7.00. The van der Waals surface area contributed by atoms with E-state index >= 15 is 0 Å². The van der Waals surface area contributed by atoms with Crippen LogP contribution in [0.5, 0.6) is 17.2 Å². The Balaban J connectivity index is 2.09. The highest BCUT2D eigenvalue weighted by molar-refractivity contribution is 5.96. The molecule has 1 aliphatic rings. The first kappa shape index (κ1) is 18.3. The molecule has 0 fully saturated rings. The molecule has 0 saturated carbocycles. The van der Waals surface area contributed by atoms with Gasteiger partial charge in [-0.15, -0.1) is 0 Å². The van der Waals surface area contributed by atoms with Gasteiger partial charge in [0, 0.05) is 11.1 Å². The van der Waals surface area contributed by atoms with Crippen LogP contribution in [-0.2, 0) is 11.3 Å². The second kappa shape index (κ2) is 7.38. The Morgan fingerprint density at radius 3 is 2.62 bits per heavy atom. The minimum Gasteiger partial charge on any atom is -0.495 e. The van der Waals surface area contributed by atoms with Crippen molar-refractivity contribution in [1.82, 2.24) is 0 Å². The molecule has 1 unspecified atom stereocenters. The molecule has 1 heterocycles. The summed E-state index contributed by atoms with van der Waals surface area (Å²) in [6, 6.07) is 9.17. The van der Waals surface area contributed by atoms with Gasteiger partial charge < -0.3 is 19.3 Å². The number of hydrogen-bond donors (Lipinski definition) is 1. The topological polar surface area (TPSA) is 65.0 Å². The number of esters is 1. The zero-order valence-corrected chi connectivity index (χ0v) is 15.5. The average molecular weight is 356 g/mol. The number of benzene rings is 2. The van der Waals surface area contributed by atoms with Crippen molar-refractivity contribution in [2.75, 3.05) is 7.11 Å². The molecule has 1 N–H and O–H groups in total. The van der Waals surface area contributed by atoms with Crippen molar-refractivity contribution in [2.24, 2.45) is 5.92 Å². The van der Waals surface area contributed by atoms with Gasteiger partial charge in [-0.2, -0.15) is 0 Å². The summed E-state index contributed by atoms with van der Waals surface area (Å²) in [5, 5.41) is 10.5. The molecule has 0 bridgehead atoms. The third-order valence-electron chi connectivity index (χ3n) is 4.41. The Morgan fingerprint density at radius 2 is 1.92 bits per heavy atom. The summed E-state index contributed by atoms with van der Waals surface area (Å²) in [4.78, 5) is 12.7.